The summed E-state index contributed by atoms with van der Waals surface area (Å²) in [5, 5.41) is 21.7. The molecule has 0 spiro atoms. The summed E-state index contributed by atoms with van der Waals surface area (Å²) in [5.41, 5.74) is 0.342. The number of hydrogen-bond donors (Lipinski definition) is 2. The van der Waals surface area contributed by atoms with E-state index >= 15 is 0 Å². The molecule has 0 aromatic carbocycles. The van der Waals surface area contributed by atoms with Crippen molar-refractivity contribution in [1.82, 2.24) is 0 Å². The van der Waals surface area contributed by atoms with E-state index in [1.807, 2.05) is 0 Å². The maximum Gasteiger partial charge on any atom is 0.0599 e. The standard InChI is InChI=1S/C24H42O2/c1-4-6-16(2)19-11-12-21-18-10-9-17-7-5-8-22(26)23(17,3)20(18)13-14-24(19,21)15-25/h16-22,25-26H,4-15H2,1-3H3/t16-,17?,18-,19-,20+,21+,22?,23+,24+/m1/s1. The zero-order valence-electron chi connectivity index (χ0n) is 17.4. The monoisotopic (exact) mass is 362 g/mol. The number of fused-ring (bicyclic) bond motifs is 5. The van der Waals surface area contributed by atoms with Crippen LogP contribution in [-0.2, 0) is 0 Å². The van der Waals surface area contributed by atoms with Crippen LogP contribution in [0.15, 0.2) is 0 Å². The number of aliphatic hydroxyl groups is 2. The maximum absolute atomic E-state index is 11.0. The topological polar surface area (TPSA) is 40.5 Å². The third kappa shape index (κ3) is 2.57. The van der Waals surface area contributed by atoms with Gasteiger partial charge in [0.25, 0.3) is 0 Å². The van der Waals surface area contributed by atoms with Gasteiger partial charge in [0.1, 0.15) is 0 Å². The van der Waals surface area contributed by atoms with E-state index in [2.05, 4.69) is 20.8 Å². The van der Waals surface area contributed by atoms with Gasteiger partial charge in [-0.25, -0.2) is 0 Å². The minimum Gasteiger partial charge on any atom is -0.396 e. The summed E-state index contributed by atoms with van der Waals surface area (Å²) >= 11 is 0. The Bertz CT molecular complexity index is 504. The molecule has 9 atom stereocenters. The molecular formula is C24H42O2. The minimum absolute atomic E-state index is 0.0908. The summed E-state index contributed by atoms with van der Waals surface area (Å²) in [7, 11) is 0. The van der Waals surface area contributed by atoms with Crippen molar-refractivity contribution in [2.24, 2.45) is 46.3 Å². The number of rotatable bonds is 4. The van der Waals surface area contributed by atoms with Gasteiger partial charge in [-0.05, 0) is 97.7 Å². The third-order valence-electron chi connectivity index (χ3n) is 10.2. The first-order valence-electron chi connectivity index (χ1n) is 11.8. The van der Waals surface area contributed by atoms with Crippen molar-refractivity contribution < 1.29 is 10.2 Å². The highest BCUT2D eigenvalue weighted by Crippen LogP contribution is 2.68. The van der Waals surface area contributed by atoms with Gasteiger partial charge in [-0.15, -0.1) is 0 Å². The zero-order chi connectivity index (χ0) is 18.5. The van der Waals surface area contributed by atoms with Crippen molar-refractivity contribution >= 4 is 0 Å². The summed E-state index contributed by atoms with van der Waals surface area (Å²) in [6.45, 7) is 7.60. The largest absolute Gasteiger partial charge is 0.396 e. The summed E-state index contributed by atoms with van der Waals surface area (Å²) in [5.74, 6) is 4.37. The highest BCUT2D eigenvalue weighted by Gasteiger charge is 2.63. The molecule has 4 fully saturated rings. The Balaban J connectivity index is 1.62. The Hall–Kier alpha value is -0.0800. The zero-order valence-corrected chi connectivity index (χ0v) is 17.4. The summed E-state index contributed by atoms with van der Waals surface area (Å²) < 4.78 is 0. The fourth-order valence-corrected chi connectivity index (χ4v) is 8.99. The number of hydrogen-bond acceptors (Lipinski definition) is 2. The molecule has 4 rings (SSSR count). The van der Waals surface area contributed by atoms with Crippen LogP contribution in [0.1, 0.15) is 91.4 Å². The summed E-state index contributed by atoms with van der Waals surface area (Å²) in [6.07, 6.45) is 13.9. The van der Waals surface area contributed by atoms with E-state index in [4.69, 9.17) is 0 Å². The van der Waals surface area contributed by atoms with Gasteiger partial charge in [0.15, 0.2) is 0 Å². The van der Waals surface area contributed by atoms with Gasteiger partial charge >= 0.3 is 0 Å². The van der Waals surface area contributed by atoms with E-state index in [1.54, 1.807) is 0 Å². The normalized spacial score (nSPS) is 52.0. The first-order chi connectivity index (χ1) is 12.5. The molecule has 0 aromatic rings. The van der Waals surface area contributed by atoms with E-state index in [0.717, 1.165) is 30.1 Å². The molecule has 2 nitrogen and oxygen atoms in total. The van der Waals surface area contributed by atoms with E-state index in [0.29, 0.717) is 18.4 Å². The molecule has 0 amide bonds. The fraction of sp³-hybridized carbons (Fsp3) is 1.00. The lowest BCUT2D eigenvalue weighted by atomic mass is 9.43. The second-order valence-electron chi connectivity index (χ2n) is 10.8. The SMILES string of the molecule is CCC[C@@H](C)[C@H]1CC[C@H]2[C@@H]3CCC4CCCC(O)[C@]4(C)[C@H]3CC[C@]12CO. The van der Waals surface area contributed by atoms with Crippen LogP contribution in [0.5, 0.6) is 0 Å². The Morgan fingerprint density at radius 1 is 1.00 bits per heavy atom. The Morgan fingerprint density at radius 2 is 1.81 bits per heavy atom. The minimum atomic E-state index is -0.0908. The van der Waals surface area contributed by atoms with Crippen LogP contribution in [-0.4, -0.2) is 22.9 Å². The van der Waals surface area contributed by atoms with Crippen LogP contribution in [0.3, 0.4) is 0 Å². The number of aliphatic hydroxyl groups excluding tert-OH is 2. The van der Waals surface area contributed by atoms with E-state index in [9.17, 15) is 10.2 Å². The molecule has 0 aliphatic heterocycles. The van der Waals surface area contributed by atoms with Crippen molar-refractivity contribution in [3.05, 3.63) is 0 Å². The van der Waals surface area contributed by atoms with Crippen LogP contribution in [0.25, 0.3) is 0 Å². The van der Waals surface area contributed by atoms with Crippen molar-refractivity contribution in [2.75, 3.05) is 6.61 Å². The van der Waals surface area contributed by atoms with Crippen molar-refractivity contribution in [1.29, 1.82) is 0 Å². The molecule has 150 valence electrons. The third-order valence-corrected chi connectivity index (χ3v) is 10.2. The molecule has 26 heavy (non-hydrogen) atoms. The second-order valence-corrected chi connectivity index (χ2v) is 10.8. The lowest BCUT2D eigenvalue weighted by Crippen LogP contribution is -2.58. The van der Waals surface area contributed by atoms with Gasteiger partial charge in [0, 0.05) is 6.61 Å². The Kier molecular flexibility index (Phi) is 5.23. The van der Waals surface area contributed by atoms with Crippen LogP contribution in [0, 0.1) is 46.3 Å². The van der Waals surface area contributed by atoms with Gasteiger partial charge in [-0.3, -0.25) is 0 Å². The lowest BCUT2D eigenvalue weighted by Gasteiger charge is -2.62. The molecule has 2 N–H and O–H groups in total. The molecule has 4 aliphatic carbocycles. The Morgan fingerprint density at radius 3 is 2.54 bits per heavy atom. The Labute approximate surface area is 161 Å². The van der Waals surface area contributed by atoms with Crippen molar-refractivity contribution in [2.45, 2.75) is 97.5 Å². The summed E-state index contributed by atoms with van der Waals surface area (Å²) in [4.78, 5) is 0. The van der Waals surface area contributed by atoms with Crippen LogP contribution in [0.4, 0.5) is 0 Å². The van der Waals surface area contributed by atoms with Gasteiger partial charge in [0.05, 0.1) is 6.10 Å². The van der Waals surface area contributed by atoms with E-state index in [-0.39, 0.29) is 16.9 Å². The van der Waals surface area contributed by atoms with Crippen molar-refractivity contribution in [3.63, 3.8) is 0 Å². The van der Waals surface area contributed by atoms with Gasteiger partial charge < -0.3 is 10.2 Å². The average Bonchev–Trinajstić information content (AvgIpc) is 3.03. The molecule has 4 saturated carbocycles. The molecule has 0 heterocycles. The van der Waals surface area contributed by atoms with Crippen molar-refractivity contribution in [3.8, 4) is 0 Å². The molecule has 2 unspecified atom stereocenters. The van der Waals surface area contributed by atoms with E-state index in [1.165, 1.54) is 64.2 Å². The molecule has 0 radical (unpaired) electrons. The maximum atomic E-state index is 11.0. The first kappa shape index (κ1) is 19.2. The molecule has 0 aromatic heterocycles. The van der Waals surface area contributed by atoms with Crippen LogP contribution < -0.4 is 0 Å². The molecule has 0 saturated heterocycles. The highest BCUT2D eigenvalue weighted by molar-refractivity contribution is 5.11. The van der Waals surface area contributed by atoms with Gasteiger partial charge in [-0.1, -0.05) is 40.0 Å². The van der Waals surface area contributed by atoms with Crippen LogP contribution in [0.2, 0.25) is 0 Å². The smallest absolute Gasteiger partial charge is 0.0599 e. The summed E-state index contributed by atoms with van der Waals surface area (Å²) in [6, 6.07) is 0. The highest BCUT2D eigenvalue weighted by atomic mass is 16.3. The van der Waals surface area contributed by atoms with Gasteiger partial charge in [-0.2, -0.15) is 0 Å². The van der Waals surface area contributed by atoms with E-state index < -0.39 is 0 Å². The first-order valence-corrected chi connectivity index (χ1v) is 11.8. The lowest BCUT2D eigenvalue weighted by molar-refractivity contribution is -0.173. The molecule has 4 aliphatic rings. The molecular weight excluding hydrogens is 320 g/mol. The molecule has 0 bridgehead atoms. The van der Waals surface area contributed by atoms with Gasteiger partial charge in [0.2, 0.25) is 0 Å². The predicted molar refractivity (Wildman–Crippen MR) is 107 cm³/mol. The molecule has 2 heteroatoms. The second kappa shape index (κ2) is 7.07. The predicted octanol–water partition coefficient (Wildman–Crippen LogP) is 5.41. The average molecular weight is 363 g/mol. The quantitative estimate of drug-likeness (QED) is 0.701. The fourth-order valence-electron chi connectivity index (χ4n) is 8.99. The van der Waals surface area contributed by atoms with Crippen LogP contribution >= 0.6 is 0 Å².